The molecule has 1 aromatic carbocycles. The van der Waals surface area contributed by atoms with E-state index in [1.807, 2.05) is 18.2 Å². The number of carboxylic acids is 1. The summed E-state index contributed by atoms with van der Waals surface area (Å²) in [4.78, 5) is 23.6. The van der Waals surface area contributed by atoms with E-state index in [4.69, 9.17) is 4.74 Å². The van der Waals surface area contributed by atoms with Crippen LogP contribution in [0.5, 0.6) is 0 Å². The first-order valence-corrected chi connectivity index (χ1v) is 7.55. The van der Waals surface area contributed by atoms with Crippen molar-refractivity contribution in [2.75, 3.05) is 6.54 Å². The fourth-order valence-electron chi connectivity index (χ4n) is 3.18. The molecule has 4 atom stereocenters. The van der Waals surface area contributed by atoms with Gasteiger partial charge in [-0.1, -0.05) is 42.5 Å². The van der Waals surface area contributed by atoms with Gasteiger partial charge in [0.15, 0.2) is 0 Å². The summed E-state index contributed by atoms with van der Waals surface area (Å²) in [6.45, 7) is 0.539. The molecule has 1 fully saturated rings. The number of carboxylic acid groups (broad SMARTS) is 1. The highest BCUT2D eigenvalue weighted by molar-refractivity contribution is 5.87. The van der Waals surface area contributed by atoms with Crippen molar-refractivity contribution in [3.05, 3.63) is 48.0 Å². The molecule has 0 unspecified atom stereocenters. The van der Waals surface area contributed by atoms with Gasteiger partial charge in [-0.15, -0.1) is 0 Å². The summed E-state index contributed by atoms with van der Waals surface area (Å²) in [6, 6.07) is 10.1. The number of aliphatic carboxylic acids is 1. The summed E-state index contributed by atoms with van der Waals surface area (Å²) in [7, 11) is 0. The number of amides is 1. The molecule has 2 N–H and O–H groups in total. The first-order valence-electron chi connectivity index (χ1n) is 7.55. The Kier molecular flexibility index (Phi) is 4.24. The van der Waals surface area contributed by atoms with Gasteiger partial charge in [0.1, 0.15) is 5.92 Å². The van der Waals surface area contributed by atoms with Crippen molar-refractivity contribution in [2.24, 2.45) is 11.8 Å². The molecular weight excluding hydrogens is 282 g/mol. The molecule has 0 saturated carbocycles. The highest BCUT2D eigenvalue weighted by atomic mass is 16.5. The summed E-state index contributed by atoms with van der Waals surface area (Å²) >= 11 is 0. The van der Waals surface area contributed by atoms with E-state index in [1.54, 1.807) is 12.2 Å². The summed E-state index contributed by atoms with van der Waals surface area (Å²) in [5.74, 6) is -2.59. The van der Waals surface area contributed by atoms with Crippen LogP contribution in [0, 0.1) is 11.8 Å². The Hall–Kier alpha value is -2.14. The molecule has 5 nitrogen and oxygen atoms in total. The van der Waals surface area contributed by atoms with Crippen LogP contribution in [0.4, 0.5) is 0 Å². The summed E-state index contributed by atoms with van der Waals surface area (Å²) in [5, 5.41) is 12.1. The number of rotatable bonds is 6. The molecule has 22 heavy (non-hydrogen) atoms. The Morgan fingerprint density at radius 2 is 1.77 bits per heavy atom. The van der Waals surface area contributed by atoms with Gasteiger partial charge in [0.25, 0.3) is 0 Å². The van der Waals surface area contributed by atoms with Gasteiger partial charge < -0.3 is 15.2 Å². The Morgan fingerprint density at radius 3 is 2.45 bits per heavy atom. The van der Waals surface area contributed by atoms with Gasteiger partial charge in [-0.05, 0) is 18.4 Å². The number of hydrogen-bond donors (Lipinski definition) is 2. The molecule has 0 aromatic heterocycles. The Labute approximate surface area is 129 Å². The summed E-state index contributed by atoms with van der Waals surface area (Å²) in [6.07, 6.45) is 4.37. The Bertz CT molecular complexity index is 584. The molecule has 5 heteroatoms. The molecule has 1 aromatic rings. The molecule has 0 radical (unpaired) electrons. The van der Waals surface area contributed by atoms with Crippen molar-refractivity contribution in [2.45, 2.75) is 25.0 Å². The number of carbonyl (C=O) groups excluding carboxylic acids is 1. The number of nitrogens with one attached hydrogen (secondary N) is 1. The second-order valence-corrected chi connectivity index (χ2v) is 5.72. The maximum absolute atomic E-state index is 12.3. The predicted molar refractivity (Wildman–Crippen MR) is 80.2 cm³/mol. The van der Waals surface area contributed by atoms with Gasteiger partial charge in [-0.2, -0.15) is 0 Å². The number of aryl methyl sites for hydroxylation is 1. The minimum absolute atomic E-state index is 0.225. The standard InChI is InChI=1S/C17H19NO4/c19-16(18-10-4-7-11-5-2-1-3-6-11)14-12-8-9-13(22-12)15(14)17(20)21/h1-3,5-6,8-9,12-15H,4,7,10H2,(H,18,19)(H,20,21)/t12-,13+,14-,15+/m1/s1. The molecule has 2 aliphatic rings. The number of hydrogen-bond acceptors (Lipinski definition) is 3. The second-order valence-electron chi connectivity index (χ2n) is 5.72. The third-order valence-electron chi connectivity index (χ3n) is 4.27. The zero-order valence-electron chi connectivity index (χ0n) is 12.1. The Balaban J connectivity index is 1.50. The van der Waals surface area contributed by atoms with E-state index >= 15 is 0 Å². The number of carbonyl (C=O) groups is 2. The molecule has 0 aliphatic carbocycles. The smallest absolute Gasteiger partial charge is 0.310 e. The lowest BCUT2D eigenvalue weighted by Crippen LogP contribution is -2.42. The third-order valence-corrected chi connectivity index (χ3v) is 4.27. The van der Waals surface area contributed by atoms with Crippen LogP contribution in [-0.2, 0) is 20.7 Å². The van der Waals surface area contributed by atoms with E-state index in [1.165, 1.54) is 5.56 Å². The van der Waals surface area contributed by atoms with Crippen LogP contribution in [0.1, 0.15) is 12.0 Å². The normalized spacial score (nSPS) is 28.7. The van der Waals surface area contributed by atoms with Gasteiger partial charge >= 0.3 is 5.97 Å². The second kappa shape index (κ2) is 6.32. The van der Waals surface area contributed by atoms with Gasteiger partial charge in [-0.25, -0.2) is 0 Å². The van der Waals surface area contributed by atoms with E-state index in [0.717, 1.165) is 12.8 Å². The molecule has 116 valence electrons. The van der Waals surface area contributed by atoms with Gasteiger partial charge in [0.05, 0.1) is 18.1 Å². The van der Waals surface area contributed by atoms with Gasteiger partial charge in [-0.3, -0.25) is 9.59 Å². The van der Waals surface area contributed by atoms with Crippen molar-refractivity contribution < 1.29 is 19.4 Å². The van der Waals surface area contributed by atoms with Gasteiger partial charge in [0.2, 0.25) is 5.91 Å². The number of benzene rings is 1. The van der Waals surface area contributed by atoms with Crippen molar-refractivity contribution in [1.82, 2.24) is 5.32 Å². The topological polar surface area (TPSA) is 75.6 Å². The van der Waals surface area contributed by atoms with E-state index in [2.05, 4.69) is 17.4 Å². The molecule has 1 saturated heterocycles. The fourth-order valence-corrected chi connectivity index (χ4v) is 3.18. The lowest BCUT2D eigenvalue weighted by molar-refractivity contribution is -0.146. The molecule has 3 rings (SSSR count). The van der Waals surface area contributed by atoms with E-state index in [9.17, 15) is 14.7 Å². The first-order chi connectivity index (χ1) is 10.7. The first kappa shape index (κ1) is 14.8. The maximum atomic E-state index is 12.3. The average Bonchev–Trinajstić information content (AvgIpc) is 3.13. The minimum Gasteiger partial charge on any atom is -0.481 e. The largest absolute Gasteiger partial charge is 0.481 e. The zero-order valence-corrected chi connectivity index (χ0v) is 12.1. The highest BCUT2D eigenvalue weighted by Gasteiger charge is 2.53. The van der Waals surface area contributed by atoms with Crippen LogP contribution in [0.25, 0.3) is 0 Å². The number of fused-ring (bicyclic) bond motifs is 2. The average molecular weight is 301 g/mol. The molecule has 2 heterocycles. The highest BCUT2D eigenvalue weighted by Crippen LogP contribution is 2.39. The fraction of sp³-hybridized carbons (Fsp3) is 0.412. The van der Waals surface area contributed by atoms with Crippen LogP contribution >= 0.6 is 0 Å². The molecule has 0 spiro atoms. The lowest BCUT2D eigenvalue weighted by Gasteiger charge is -2.20. The van der Waals surface area contributed by atoms with E-state index in [-0.39, 0.29) is 5.91 Å². The van der Waals surface area contributed by atoms with Crippen LogP contribution in [0.3, 0.4) is 0 Å². The van der Waals surface area contributed by atoms with Crippen LogP contribution < -0.4 is 5.32 Å². The lowest BCUT2D eigenvalue weighted by atomic mass is 9.82. The number of ether oxygens (including phenoxy) is 1. The van der Waals surface area contributed by atoms with E-state index < -0.39 is 30.0 Å². The maximum Gasteiger partial charge on any atom is 0.310 e. The Morgan fingerprint density at radius 1 is 1.09 bits per heavy atom. The third kappa shape index (κ3) is 2.90. The quantitative estimate of drug-likeness (QED) is 0.615. The van der Waals surface area contributed by atoms with Crippen LogP contribution in [-0.4, -0.2) is 35.7 Å². The van der Waals surface area contributed by atoms with Crippen molar-refractivity contribution in [3.8, 4) is 0 Å². The van der Waals surface area contributed by atoms with Crippen molar-refractivity contribution >= 4 is 11.9 Å². The molecule has 1 amide bonds. The molecular formula is C17H19NO4. The molecule has 2 bridgehead atoms. The zero-order chi connectivity index (χ0) is 15.5. The van der Waals surface area contributed by atoms with Crippen LogP contribution in [0.2, 0.25) is 0 Å². The predicted octanol–water partition coefficient (Wildman–Crippen LogP) is 1.39. The summed E-state index contributed by atoms with van der Waals surface area (Å²) in [5.41, 5.74) is 1.23. The van der Waals surface area contributed by atoms with Gasteiger partial charge in [0, 0.05) is 6.54 Å². The van der Waals surface area contributed by atoms with E-state index in [0.29, 0.717) is 6.54 Å². The molecule has 2 aliphatic heterocycles. The monoisotopic (exact) mass is 301 g/mol. The van der Waals surface area contributed by atoms with Crippen molar-refractivity contribution in [3.63, 3.8) is 0 Å². The summed E-state index contributed by atoms with van der Waals surface area (Å²) < 4.78 is 5.50. The van der Waals surface area contributed by atoms with Crippen molar-refractivity contribution in [1.29, 1.82) is 0 Å². The van der Waals surface area contributed by atoms with Crippen LogP contribution in [0.15, 0.2) is 42.5 Å². The SMILES string of the molecule is O=C(O)[C@@H]1[C@H](C(=O)NCCCc2ccccc2)[C@H]2C=C[C@@H]1O2. The minimum atomic E-state index is -0.971.